The molecule has 2 aromatic rings. The fourth-order valence-corrected chi connectivity index (χ4v) is 2.83. The van der Waals surface area contributed by atoms with E-state index in [1.807, 2.05) is 12.1 Å². The second kappa shape index (κ2) is 5.37. The number of hydrogen-bond donors (Lipinski definition) is 1. The average Bonchev–Trinajstić information content (AvgIpc) is 2.85. The second-order valence-electron chi connectivity index (χ2n) is 4.92. The molecule has 1 heterocycles. The molecule has 0 bridgehead atoms. The van der Waals surface area contributed by atoms with Gasteiger partial charge in [0.15, 0.2) is 11.5 Å². The molecule has 0 saturated carbocycles. The highest BCUT2D eigenvalue weighted by molar-refractivity contribution is 9.10. The summed E-state index contributed by atoms with van der Waals surface area (Å²) in [6, 6.07) is 10.3. The number of nitrogens with one attached hydrogen (secondary N) is 1. The van der Waals surface area contributed by atoms with Gasteiger partial charge in [0.1, 0.15) is 0 Å². The van der Waals surface area contributed by atoms with Crippen molar-refractivity contribution in [2.75, 3.05) is 12.1 Å². The summed E-state index contributed by atoms with van der Waals surface area (Å²) in [7, 11) is 0. The van der Waals surface area contributed by atoms with E-state index in [9.17, 15) is 0 Å². The Hall–Kier alpha value is -1.68. The lowest BCUT2D eigenvalue weighted by Crippen LogP contribution is -2.03. The van der Waals surface area contributed by atoms with Crippen molar-refractivity contribution in [1.29, 1.82) is 0 Å². The van der Waals surface area contributed by atoms with Crippen LogP contribution in [-0.4, -0.2) is 6.79 Å². The number of aryl methyl sites for hydroxylation is 2. The Labute approximate surface area is 127 Å². The van der Waals surface area contributed by atoms with E-state index in [0.29, 0.717) is 6.79 Å². The van der Waals surface area contributed by atoms with Crippen LogP contribution in [0.2, 0.25) is 0 Å². The largest absolute Gasteiger partial charge is 0.454 e. The quantitative estimate of drug-likeness (QED) is 0.902. The van der Waals surface area contributed by atoms with Gasteiger partial charge in [-0.1, -0.05) is 34.1 Å². The number of benzene rings is 2. The standard InChI is InChI=1S/C16H16BrNO2/c1-10-4-3-5-11(2)16(10)18-8-12-6-14-15(7-13(12)17)20-9-19-14/h3-7,18H,8-9H2,1-2H3. The number of hydrogen-bond acceptors (Lipinski definition) is 3. The summed E-state index contributed by atoms with van der Waals surface area (Å²) in [6.45, 7) is 5.27. The van der Waals surface area contributed by atoms with E-state index in [1.165, 1.54) is 16.8 Å². The molecule has 0 atom stereocenters. The third-order valence-electron chi connectivity index (χ3n) is 3.48. The van der Waals surface area contributed by atoms with E-state index in [1.54, 1.807) is 0 Å². The van der Waals surface area contributed by atoms with Gasteiger partial charge in [0.25, 0.3) is 0 Å². The molecule has 1 N–H and O–H groups in total. The first-order valence-electron chi connectivity index (χ1n) is 6.53. The first kappa shape index (κ1) is 13.3. The Morgan fingerprint density at radius 3 is 2.45 bits per heavy atom. The molecule has 3 nitrogen and oxygen atoms in total. The number of fused-ring (bicyclic) bond motifs is 1. The molecule has 20 heavy (non-hydrogen) atoms. The van der Waals surface area contributed by atoms with Crippen molar-refractivity contribution in [2.45, 2.75) is 20.4 Å². The monoisotopic (exact) mass is 333 g/mol. The molecular weight excluding hydrogens is 318 g/mol. The van der Waals surface area contributed by atoms with Gasteiger partial charge < -0.3 is 14.8 Å². The van der Waals surface area contributed by atoms with Crippen LogP contribution in [0.5, 0.6) is 11.5 Å². The van der Waals surface area contributed by atoms with Crippen LogP contribution in [0.4, 0.5) is 5.69 Å². The van der Waals surface area contributed by atoms with E-state index in [4.69, 9.17) is 9.47 Å². The Bertz CT molecular complexity index is 635. The second-order valence-corrected chi connectivity index (χ2v) is 5.77. The Morgan fingerprint density at radius 1 is 1.10 bits per heavy atom. The molecule has 0 unspecified atom stereocenters. The smallest absolute Gasteiger partial charge is 0.231 e. The lowest BCUT2D eigenvalue weighted by molar-refractivity contribution is 0.174. The van der Waals surface area contributed by atoms with Gasteiger partial charge in [-0.2, -0.15) is 0 Å². The number of para-hydroxylation sites is 1. The zero-order valence-corrected chi connectivity index (χ0v) is 13.1. The van der Waals surface area contributed by atoms with E-state index >= 15 is 0 Å². The number of rotatable bonds is 3. The van der Waals surface area contributed by atoms with Crippen molar-refractivity contribution in [3.63, 3.8) is 0 Å². The maximum Gasteiger partial charge on any atom is 0.231 e. The van der Waals surface area contributed by atoms with Gasteiger partial charge in [-0.3, -0.25) is 0 Å². The molecule has 0 amide bonds. The van der Waals surface area contributed by atoms with Crippen molar-refractivity contribution in [3.8, 4) is 11.5 Å². The van der Waals surface area contributed by atoms with E-state index in [-0.39, 0.29) is 0 Å². The van der Waals surface area contributed by atoms with Crippen LogP contribution in [0.1, 0.15) is 16.7 Å². The Kier molecular flexibility index (Phi) is 3.57. The lowest BCUT2D eigenvalue weighted by Gasteiger charge is -2.14. The first-order chi connectivity index (χ1) is 9.65. The van der Waals surface area contributed by atoms with Crippen LogP contribution in [-0.2, 0) is 6.54 Å². The average molecular weight is 334 g/mol. The molecule has 1 aliphatic heterocycles. The molecule has 0 radical (unpaired) electrons. The van der Waals surface area contributed by atoms with Gasteiger partial charge in [0, 0.05) is 16.7 Å². The van der Waals surface area contributed by atoms with Gasteiger partial charge in [-0.25, -0.2) is 0 Å². The third kappa shape index (κ3) is 2.48. The maximum atomic E-state index is 5.42. The molecular formula is C16H16BrNO2. The molecule has 2 aromatic carbocycles. The normalized spacial score (nSPS) is 12.6. The fourth-order valence-electron chi connectivity index (χ4n) is 2.37. The molecule has 0 aromatic heterocycles. The van der Waals surface area contributed by atoms with E-state index < -0.39 is 0 Å². The van der Waals surface area contributed by atoms with Crippen molar-refractivity contribution in [1.82, 2.24) is 0 Å². The highest BCUT2D eigenvalue weighted by Crippen LogP contribution is 2.37. The zero-order valence-electron chi connectivity index (χ0n) is 11.5. The van der Waals surface area contributed by atoms with Gasteiger partial charge in [0.05, 0.1) is 0 Å². The Balaban J connectivity index is 1.82. The van der Waals surface area contributed by atoms with E-state index in [2.05, 4.69) is 53.3 Å². The summed E-state index contributed by atoms with van der Waals surface area (Å²) in [6.07, 6.45) is 0. The minimum absolute atomic E-state index is 0.301. The summed E-state index contributed by atoms with van der Waals surface area (Å²) >= 11 is 3.58. The third-order valence-corrected chi connectivity index (χ3v) is 4.22. The predicted molar refractivity (Wildman–Crippen MR) is 83.5 cm³/mol. The topological polar surface area (TPSA) is 30.5 Å². The van der Waals surface area contributed by atoms with Gasteiger partial charge >= 0.3 is 0 Å². The van der Waals surface area contributed by atoms with Crippen molar-refractivity contribution < 1.29 is 9.47 Å². The van der Waals surface area contributed by atoms with Crippen LogP contribution >= 0.6 is 15.9 Å². The van der Waals surface area contributed by atoms with Crippen molar-refractivity contribution >= 4 is 21.6 Å². The van der Waals surface area contributed by atoms with Gasteiger partial charge in [-0.05, 0) is 42.7 Å². The van der Waals surface area contributed by atoms with Crippen LogP contribution in [0.25, 0.3) is 0 Å². The molecule has 1 aliphatic rings. The summed E-state index contributed by atoms with van der Waals surface area (Å²) < 4.78 is 11.8. The Morgan fingerprint density at radius 2 is 1.75 bits per heavy atom. The number of ether oxygens (including phenoxy) is 2. The minimum Gasteiger partial charge on any atom is -0.454 e. The molecule has 104 valence electrons. The first-order valence-corrected chi connectivity index (χ1v) is 7.32. The lowest BCUT2D eigenvalue weighted by atomic mass is 10.1. The van der Waals surface area contributed by atoms with Crippen LogP contribution in [0.3, 0.4) is 0 Å². The summed E-state index contributed by atoms with van der Waals surface area (Å²) in [5.41, 5.74) is 4.85. The SMILES string of the molecule is Cc1cccc(C)c1NCc1cc2c(cc1Br)OCO2. The molecule has 0 aliphatic carbocycles. The summed E-state index contributed by atoms with van der Waals surface area (Å²) in [5, 5.41) is 3.50. The van der Waals surface area contributed by atoms with Gasteiger partial charge in [0.2, 0.25) is 6.79 Å². The number of halogens is 1. The minimum atomic E-state index is 0.301. The summed E-state index contributed by atoms with van der Waals surface area (Å²) in [4.78, 5) is 0. The highest BCUT2D eigenvalue weighted by Gasteiger charge is 2.16. The zero-order chi connectivity index (χ0) is 14.1. The van der Waals surface area contributed by atoms with Gasteiger partial charge in [-0.15, -0.1) is 0 Å². The summed E-state index contributed by atoms with van der Waals surface area (Å²) in [5.74, 6) is 1.61. The van der Waals surface area contributed by atoms with Crippen LogP contribution < -0.4 is 14.8 Å². The van der Waals surface area contributed by atoms with E-state index in [0.717, 1.165) is 28.1 Å². The molecule has 4 heteroatoms. The van der Waals surface area contributed by atoms with Crippen molar-refractivity contribution in [3.05, 3.63) is 51.5 Å². The maximum absolute atomic E-state index is 5.42. The fraction of sp³-hybridized carbons (Fsp3) is 0.250. The van der Waals surface area contributed by atoms with Crippen LogP contribution in [0.15, 0.2) is 34.8 Å². The van der Waals surface area contributed by atoms with Crippen LogP contribution in [0, 0.1) is 13.8 Å². The molecule has 3 rings (SSSR count). The molecule has 0 fully saturated rings. The molecule has 0 saturated heterocycles. The highest BCUT2D eigenvalue weighted by atomic mass is 79.9. The number of anilines is 1. The van der Waals surface area contributed by atoms with Crippen molar-refractivity contribution in [2.24, 2.45) is 0 Å². The molecule has 0 spiro atoms. The predicted octanol–water partition coefficient (Wildman–Crippen LogP) is 4.41.